The summed E-state index contributed by atoms with van der Waals surface area (Å²) in [6.45, 7) is 4.25. The number of rotatable bonds is 4. The number of aryl methyl sites for hydroxylation is 2. The maximum atomic E-state index is 11.6. The third-order valence-corrected chi connectivity index (χ3v) is 5.49. The summed E-state index contributed by atoms with van der Waals surface area (Å²) in [5.41, 5.74) is 7.63. The topological polar surface area (TPSA) is 55.1 Å². The van der Waals surface area contributed by atoms with Gasteiger partial charge in [0.15, 0.2) is 0 Å². The van der Waals surface area contributed by atoms with Gasteiger partial charge in [0, 0.05) is 10.1 Å². The summed E-state index contributed by atoms with van der Waals surface area (Å²) in [5, 5.41) is 3.59. The number of thioether (sulfide) groups is 1. The van der Waals surface area contributed by atoms with Crippen molar-refractivity contribution in [2.45, 2.75) is 48.8 Å². The molecule has 0 aliphatic heterocycles. The molecule has 3 N–H and O–H groups in total. The van der Waals surface area contributed by atoms with Crippen molar-refractivity contribution < 1.29 is 4.79 Å². The monoisotopic (exact) mass is 278 g/mol. The Morgan fingerprint density at radius 3 is 2.74 bits per heavy atom. The molecule has 2 rings (SSSR count). The lowest BCUT2D eigenvalue weighted by Crippen LogP contribution is -2.52. The van der Waals surface area contributed by atoms with E-state index in [9.17, 15) is 4.79 Å². The van der Waals surface area contributed by atoms with Crippen molar-refractivity contribution in [3.05, 3.63) is 29.3 Å². The largest absolute Gasteiger partial charge is 0.368 e. The number of nitrogens with two attached hydrogens (primary N) is 1. The van der Waals surface area contributed by atoms with Crippen LogP contribution in [0.2, 0.25) is 0 Å². The highest BCUT2D eigenvalue weighted by Gasteiger charge is 2.43. The Hall–Kier alpha value is -1.00. The van der Waals surface area contributed by atoms with Crippen LogP contribution < -0.4 is 11.1 Å². The molecule has 0 bridgehead atoms. The first-order chi connectivity index (χ1) is 8.97. The number of likely N-dealkylation sites (N-methyl/N-ethyl adjacent to an activating group) is 1. The molecule has 4 heteroatoms. The minimum absolute atomic E-state index is 0.223. The van der Waals surface area contributed by atoms with E-state index in [4.69, 9.17) is 5.73 Å². The first-order valence-electron chi connectivity index (χ1n) is 6.69. The number of primary amides is 1. The van der Waals surface area contributed by atoms with Gasteiger partial charge in [-0.1, -0.05) is 17.7 Å². The third kappa shape index (κ3) is 2.95. The minimum Gasteiger partial charge on any atom is -0.368 e. The van der Waals surface area contributed by atoms with E-state index in [0.717, 1.165) is 19.3 Å². The van der Waals surface area contributed by atoms with Crippen LogP contribution in [0.5, 0.6) is 0 Å². The number of carbonyl (C=O) groups excluding carboxylic acids is 1. The van der Waals surface area contributed by atoms with Gasteiger partial charge in [-0.3, -0.25) is 4.79 Å². The standard InChI is InChI=1S/C15H22N2OS/c1-10-4-5-13(11(2)8-10)19-12-6-7-15(9-12,17-3)14(16)18/h4-5,8,12,17H,6-7,9H2,1-3H3,(H2,16,18). The Kier molecular flexibility index (Phi) is 4.21. The van der Waals surface area contributed by atoms with Crippen molar-refractivity contribution in [3.63, 3.8) is 0 Å². The smallest absolute Gasteiger partial charge is 0.237 e. The summed E-state index contributed by atoms with van der Waals surface area (Å²) in [6.07, 6.45) is 2.68. The molecule has 1 aliphatic rings. The molecule has 0 radical (unpaired) electrons. The maximum absolute atomic E-state index is 11.6. The van der Waals surface area contributed by atoms with Crippen molar-refractivity contribution >= 4 is 17.7 Å². The van der Waals surface area contributed by atoms with Gasteiger partial charge in [-0.2, -0.15) is 0 Å². The van der Waals surface area contributed by atoms with Crippen LogP contribution in [0.3, 0.4) is 0 Å². The molecule has 19 heavy (non-hydrogen) atoms. The Labute approximate surface area is 119 Å². The van der Waals surface area contributed by atoms with Crippen molar-refractivity contribution in [2.75, 3.05) is 7.05 Å². The van der Waals surface area contributed by atoms with E-state index in [1.807, 2.05) is 18.8 Å². The Morgan fingerprint density at radius 2 is 2.21 bits per heavy atom. The predicted molar refractivity (Wildman–Crippen MR) is 80.4 cm³/mol. The van der Waals surface area contributed by atoms with Gasteiger partial charge in [-0.15, -0.1) is 11.8 Å². The zero-order valence-corrected chi connectivity index (χ0v) is 12.6. The second-order valence-corrected chi connectivity index (χ2v) is 6.79. The molecule has 0 aromatic heterocycles. The van der Waals surface area contributed by atoms with Gasteiger partial charge in [0.1, 0.15) is 0 Å². The SMILES string of the molecule is CNC1(C(N)=O)CCC(Sc2ccc(C)cc2C)C1. The van der Waals surface area contributed by atoms with Crippen LogP contribution in [0, 0.1) is 13.8 Å². The lowest BCUT2D eigenvalue weighted by molar-refractivity contribution is -0.124. The van der Waals surface area contributed by atoms with Crippen LogP contribution in [-0.4, -0.2) is 23.7 Å². The third-order valence-electron chi connectivity index (χ3n) is 4.04. The van der Waals surface area contributed by atoms with Crippen LogP contribution in [-0.2, 0) is 4.79 Å². The fraction of sp³-hybridized carbons (Fsp3) is 0.533. The molecule has 1 aliphatic carbocycles. The highest BCUT2D eigenvalue weighted by molar-refractivity contribution is 8.00. The number of hydrogen-bond acceptors (Lipinski definition) is 3. The molecule has 2 atom stereocenters. The summed E-state index contributed by atoms with van der Waals surface area (Å²) in [7, 11) is 1.83. The van der Waals surface area contributed by atoms with Gasteiger partial charge in [-0.05, 0) is 51.8 Å². The Bertz CT molecular complexity index is 489. The lowest BCUT2D eigenvalue weighted by atomic mass is 9.97. The normalized spacial score (nSPS) is 26.6. The van der Waals surface area contributed by atoms with Crippen molar-refractivity contribution in [1.29, 1.82) is 0 Å². The molecular weight excluding hydrogens is 256 g/mol. The van der Waals surface area contributed by atoms with E-state index in [0.29, 0.717) is 5.25 Å². The molecule has 0 saturated heterocycles. The van der Waals surface area contributed by atoms with E-state index >= 15 is 0 Å². The van der Waals surface area contributed by atoms with Crippen LogP contribution in [0.15, 0.2) is 23.1 Å². The van der Waals surface area contributed by atoms with E-state index in [-0.39, 0.29) is 5.91 Å². The molecule has 3 nitrogen and oxygen atoms in total. The highest BCUT2D eigenvalue weighted by Crippen LogP contribution is 2.40. The molecule has 2 unspecified atom stereocenters. The molecule has 1 fully saturated rings. The average molecular weight is 278 g/mol. The summed E-state index contributed by atoms with van der Waals surface area (Å²) >= 11 is 1.87. The molecule has 0 spiro atoms. The zero-order valence-electron chi connectivity index (χ0n) is 11.8. The van der Waals surface area contributed by atoms with E-state index < -0.39 is 5.54 Å². The second-order valence-electron chi connectivity index (χ2n) is 5.45. The average Bonchev–Trinajstić information content (AvgIpc) is 2.77. The summed E-state index contributed by atoms with van der Waals surface area (Å²) in [5.74, 6) is -0.223. The van der Waals surface area contributed by atoms with E-state index in [1.54, 1.807) is 0 Å². The molecule has 104 valence electrons. The number of carbonyl (C=O) groups is 1. The Balaban J connectivity index is 2.08. The fourth-order valence-corrected chi connectivity index (χ4v) is 4.14. The van der Waals surface area contributed by atoms with E-state index in [2.05, 4.69) is 37.4 Å². The number of benzene rings is 1. The van der Waals surface area contributed by atoms with Crippen molar-refractivity contribution in [3.8, 4) is 0 Å². The van der Waals surface area contributed by atoms with Crippen molar-refractivity contribution in [2.24, 2.45) is 5.73 Å². The Morgan fingerprint density at radius 1 is 1.47 bits per heavy atom. The quantitative estimate of drug-likeness (QED) is 0.889. The van der Waals surface area contributed by atoms with E-state index in [1.165, 1.54) is 16.0 Å². The fourth-order valence-electron chi connectivity index (χ4n) is 2.79. The van der Waals surface area contributed by atoms with Crippen molar-refractivity contribution in [1.82, 2.24) is 5.32 Å². The molecule has 0 heterocycles. The van der Waals surface area contributed by atoms with Gasteiger partial charge in [0.2, 0.25) is 5.91 Å². The highest BCUT2D eigenvalue weighted by atomic mass is 32.2. The van der Waals surface area contributed by atoms with Gasteiger partial charge >= 0.3 is 0 Å². The molecule has 1 amide bonds. The molecule has 1 saturated carbocycles. The molecule has 1 aromatic rings. The van der Waals surface area contributed by atoms with Gasteiger partial charge in [0.25, 0.3) is 0 Å². The molecular formula is C15H22N2OS. The summed E-state index contributed by atoms with van der Waals surface area (Å²) < 4.78 is 0. The van der Waals surface area contributed by atoms with Crippen LogP contribution in [0.1, 0.15) is 30.4 Å². The lowest BCUT2D eigenvalue weighted by Gasteiger charge is -2.24. The first kappa shape index (κ1) is 14.4. The zero-order chi connectivity index (χ0) is 14.0. The molecule has 1 aromatic carbocycles. The minimum atomic E-state index is -0.504. The maximum Gasteiger partial charge on any atom is 0.237 e. The number of nitrogens with one attached hydrogen (secondary N) is 1. The summed E-state index contributed by atoms with van der Waals surface area (Å²) in [6, 6.07) is 6.53. The second kappa shape index (κ2) is 5.55. The predicted octanol–water partition coefficient (Wildman–Crippen LogP) is 2.39. The van der Waals surface area contributed by atoms with Gasteiger partial charge in [-0.25, -0.2) is 0 Å². The number of hydrogen-bond donors (Lipinski definition) is 2. The number of amides is 1. The van der Waals surface area contributed by atoms with Gasteiger partial charge in [0.05, 0.1) is 5.54 Å². The van der Waals surface area contributed by atoms with Crippen LogP contribution >= 0.6 is 11.8 Å². The van der Waals surface area contributed by atoms with Crippen LogP contribution in [0.4, 0.5) is 0 Å². The van der Waals surface area contributed by atoms with Crippen LogP contribution in [0.25, 0.3) is 0 Å². The first-order valence-corrected chi connectivity index (χ1v) is 7.57. The summed E-state index contributed by atoms with van der Waals surface area (Å²) in [4.78, 5) is 12.9. The van der Waals surface area contributed by atoms with Gasteiger partial charge < -0.3 is 11.1 Å².